The molecule has 1 aromatic heterocycles. The fraction of sp³-hybridized carbons (Fsp3) is 0.769. The zero-order chi connectivity index (χ0) is 14.4. The van der Waals surface area contributed by atoms with Gasteiger partial charge in [-0.25, -0.2) is 4.68 Å². The fourth-order valence-electron chi connectivity index (χ4n) is 2.33. The Balaban J connectivity index is 0.00000220. The van der Waals surface area contributed by atoms with Crippen molar-refractivity contribution in [3.8, 4) is 0 Å². The normalized spacial score (nSPS) is 15.5. The third-order valence-electron chi connectivity index (χ3n) is 3.49. The SMILES string of the molecule is COCCCC(=O)Nc1nc(C2CCNCC2)nn1C.Cl. The summed E-state index contributed by atoms with van der Waals surface area (Å²) >= 11 is 0. The molecule has 1 aliphatic rings. The number of hydrogen-bond acceptors (Lipinski definition) is 5. The number of hydrogen-bond donors (Lipinski definition) is 2. The fourth-order valence-corrected chi connectivity index (χ4v) is 2.33. The summed E-state index contributed by atoms with van der Waals surface area (Å²) in [4.78, 5) is 16.2. The Kier molecular flexibility index (Phi) is 7.63. The highest BCUT2D eigenvalue weighted by molar-refractivity contribution is 5.88. The van der Waals surface area contributed by atoms with E-state index >= 15 is 0 Å². The van der Waals surface area contributed by atoms with Crippen LogP contribution in [0.25, 0.3) is 0 Å². The van der Waals surface area contributed by atoms with E-state index in [1.54, 1.807) is 11.8 Å². The maximum atomic E-state index is 11.8. The van der Waals surface area contributed by atoms with E-state index in [-0.39, 0.29) is 18.3 Å². The van der Waals surface area contributed by atoms with Crippen molar-refractivity contribution in [3.63, 3.8) is 0 Å². The molecule has 0 spiro atoms. The van der Waals surface area contributed by atoms with E-state index in [2.05, 4.69) is 20.7 Å². The Morgan fingerprint density at radius 3 is 2.86 bits per heavy atom. The van der Waals surface area contributed by atoms with E-state index in [9.17, 15) is 4.79 Å². The third-order valence-corrected chi connectivity index (χ3v) is 3.49. The van der Waals surface area contributed by atoms with E-state index in [1.807, 2.05) is 7.05 Å². The van der Waals surface area contributed by atoms with Gasteiger partial charge in [0.05, 0.1) is 0 Å². The van der Waals surface area contributed by atoms with E-state index in [4.69, 9.17) is 4.74 Å². The zero-order valence-electron chi connectivity index (χ0n) is 12.6. The number of carbonyl (C=O) groups is 1. The minimum atomic E-state index is -0.0468. The van der Waals surface area contributed by atoms with Crippen LogP contribution in [0.1, 0.15) is 37.4 Å². The van der Waals surface area contributed by atoms with Gasteiger partial charge in [0.25, 0.3) is 0 Å². The van der Waals surface area contributed by atoms with Gasteiger partial charge in [-0.05, 0) is 32.4 Å². The molecular weight excluding hydrogens is 294 g/mol. The number of nitrogens with zero attached hydrogens (tertiary/aromatic N) is 3. The molecule has 7 nitrogen and oxygen atoms in total. The van der Waals surface area contributed by atoms with Crippen molar-refractivity contribution in [2.24, 2.45) is 7.05 Å². The monoisotopic (exact) mass is 317 g/mol. The lowest BCUT2D eigenvalue weighted by atomic mass is 9.98. The number of ether oxygens (including phenoxy) is 1. The highest BCUT2D eigenvalue weighted by atomic mass is 35.5. The second kappa shape index (κ2) is 8.96. The summed E-state index contributed by atoms with van der Waals surface area (Å²) < 4.78 is 6.57. The van der Waals surface area contributed by atoms with Crippen molar-refractivity contribution in [3.05, 3.63) is 5.82 Å². The highest BCUT2D eigenvalue weighted by Crippen LogP contribution is 2.23. The van der Waals surface area contributed by atoms with Crippen LogP contribution in [-0.2, 0) is 16.6 Å². The van der Waals surface area contributed by atoms with Crippen LogP contribution in [0.5, 0.6) is 0 Å². The molecule has 2 rings (SSSR count). The maximum absolute atomic E-state index is 11.8. The number of rotatable bonds is 6. The topological polar surface area (TPSA) is 81.1 Å². The summed E-state index contributed by atoms with van der Waals surface area (Å²) in [6.07, 6.45) is 3.24. The number of piperidine rings is 1. The number of aromatic nitrogens is 3. The van der Waals surface area contributed by atoms with Crippen LogP contribution in [0, 0.1) is 0 Å². The number of methoxy groups -OCH3 is 1. The van der Waals surface area contributed by atoms with Crippen LogP contribution in [-0.4, -0.2) is 47.5 Å². The van der Waals surface area contributed by atoms with Crippen molar-refractivity contribution >= 4 is 24.3 Å². The average Bonchev–Trinajstić information content (AvgIpc) is 2.81. The minimum absolute atomic E-state index is 0. The smallest absolute Gasteiger partial charge is 0.227 e. The lowest BCUT2D eigenvalue weighted by molar-refractivity contribution is -0.116. The van der Waals surface area contributed by atoms with Gasteiger partial charge in [0.15, 0.2) is 5.82 Å². The van der Waals surface area contributed by atoms with Crippen molar-refractivity contribution in [1.82, 2.24) is 20.1 Å². The first kappa shape index (κ1) is 17.9. The van der Waals surface area contributed by atoms with Crippen molar-refractivity contribution < 1.29 is 9.53 Å². The molecule has 120 valence electrons. The molecule has 0 saturated carbocycles. The number of amides is 1. The molecule has 1 aromatic rings. The van der Waals surface area contributed by atoms with E-state index in [0.717, 1.165) is 31.8 Å². The molecular formula is C13H24ClN5O2. The number of anilines is 1. The molecule has 1 saturated heterocycles. The summed E-state index contributed by atoms with van der Waals surface area (Å²) in [7, 11) is 3.44. The maximum Gasteiger partial charge on any atom is 0.227 e. The predicted octanol–water partition coefficient (Wildman–Crippen LogP) is 1.07. The van der Waals surface area contributed by atoms with Crippen LogP contribution in [0.15, 0.2) is 0 Å². The Morgan fingerprint density at radius 1 is 1.48 bits per heavy atom. The predicted molar refractivity (Wildman–Crippen MR) is 82.8 cm³/mol. The Hall–Kier alpha value is -1.18. The van der Waals surface area contributed by atoms with Crippen LogP contribution in [0.2, 0.25) is 0 Å². The molecule has 1 fully saturated rings. The van der Waals surface area contributed by atoms with Gasteiger partial charge in [0, 0.05) is 33.1 Å². The molecule has 0 aliphatic carbocycles. The number of aryl methyl sites for hydroxylation is 1. The summed E-state index contributed by atoms with van der Waals surface area (Å²) in [5.41, 5.74) is 0. The van der Waals surface area contributed by atoms with Gasteiger partial charge in [0.2, 0.25) is 11.9 Å². The number of nitrogens with one attached hydrogen (secondary N) is 2. The van der Waals surface area contributed by atoms with Crippen molar-refractivity contribution in [2.75, 3.05) is 32.1 Å². The molecule has 0 unspecified atom stereocenters. The third kappa shape index (κ3) is 5.26. The molecule has 2 N–H and O–H groups in total. The van der Waals surface area contributed by atoms with E-state index in [1.165, 1.54) is 0 Å². The average molecular weight is 318 g/mol. The molecule has 21 heavy (non-hydrogen) atoms. The van der Waals surface area contributed by atoms with Crippen molar-refractivity contribution in [2.45, 2.75) is 31.6 Å². The van der Waals surface area contributed by atoms with Gasteiger partial charge in [-0.2, -0.15) is 10.1 Å². The van der Waals surface area contributed by atoms with Gasteiger partial charge in [-0.15, -0.1) is 12.4 Å². The number of halogens is 1. The molecule has 0 radical (unpaired) electrons. The molecule has 8 heteroatoms. The van der Waals surface area contributed by atoms with Gasteiger partial charge in [0.1, 0.15) is 0 Å². The van der Waals surface area contributed by atoms with Gasteiger partial charge in [-0.1, -0.05) is 0 Å². The first-order valence-electron chi connectivity index (χ1n) is 7.11. The summed E-state index contributed by atoms with van der Waals surface area (Å²) in [6.45, 7) is 2.59. The van der Waals surface area contributed by atoms with E-state index < -0.39 is 0 Å². The van der Waals surface area contributed by atoms with E-state index in [0.29, 0.717) is 31.3 Å². The Bertz CT molecular complexity index is 446. The lowest BCUT2D eigenvalue weighted by Gasteiger charge is -2.19. The van der Waals surface area contributed by atoms with Crippen LogP contribution in [0.3, 0.4) is 0 Å². The molecule has 0 bridgehead atoms. The zero-order valence-corrected chi connectivity index (χ0v) is 13.4. The van der Waals surface area contributed by atoms with Gasteiger partial charge >= 0.3 is 0 Å². The second-order valence-corrected chi connectivity index (χ2v) is 5.09. The summed E-state index contributed by atoms with van der Waals surface area (Å²) in [5, 5.41) is 10.6. The van der Waals surface area contributed by atoms with Crippen molar-refractivity contribution in [1.29, 1.82) is 0 Å². The standard InChI is InChI=1S/C13H23N5O2.ClH/c1-18-13(15-11(19)4-3-9-20-2)16-12(17-18)10-5-7-14-8-6-10;/h10,14H,3-9H2,1-2H3,(H,15,16,17,19);1H. The highest BCUT2D eigenvalue weighted by Gasteiger charge is 2.21. The summed E-state index contributed by atoms with van der Waals surface area (Å²) in [5.74, 6) is 1.71. The van der Waals surface area contributed by atoms with Gasteiger partial charge < -0.3 is 10.1 Å². The Morgan fingerprint density at radius 2 is 2.19 bits per heavy atom. The van der Waals surface area contributed by atoms with Crippen LogP contribution in [0.4, 0.5) is 5.95 Å². The summed E-state index contributed by atoms with van der Waals surface area (Å²) in [6, 6.07) is 0. The number of carbonyl (C=O) groups excluding carboxylic acids is 1. The Labute approximate surface area is 131 Å². The van der Waals surface area contributed by atoms with Crippen LogP contribution < -0.4 is 10.6 Å². The first-order valence-corrected chi connectivity index (χ1v) is 7.11. The quantitative estimate of drug-likeness (QED) is 0.767. The molecule has 1 aliphatic heterocycles. The van der Waals surface area contributed by atoms with Gasteiger partial charge in [-0.3, -0.25) is 10.1 Å². The molecule has 0 aromatic carbocycles. The first-order chi connectivity index (χ1) is 9.70. The largest absolute Gasteiger partial charge is 0.385 e. The second-order valence-electron chi connectivity index (χ2n) is 5.09. The molecule has 2 heterocycles. The lowest BCUT2D eigenvalue weighted by Crippen LogP contribution is -2.27. The molecule has 0 atom stereocenters. The molecule has 1 amide bonds. The minimum Gasteiger partial charge on any atom is -0.385 e. The van der Waals surface area contributed by atoms with Crippen LogP contribution >= 0.6 is 12.4 Å².